The van der Waals surface area contributed by atoms with Crippen LogP contribution in [0.5, 0.6) is 0 Å². The van der Waals surface area contributed by atoms with Crippen molar-refractivity contribution >= 4 is 17.6 Å². The van der Waals surface area contributed by atoms with Crippen LogP contribution in [0.4, 0.5) is 10.2 Å². The molecule has 0 aliphatic rings. The third-order valence-electron chi connectivity index (χ3n) is 3.11. The number of nitrogens with zero attached hydrogens (tertiary/aromatic N) is 3. The summed E-state index contributed by atoms with van der Waals surface area (Å²) in [4.78, 5) is 23.0. The van der Waals surface area contributed by atoms with Gasteiger partial charge in [0.1, 0.15) is 12.4 Å². The smallest absolute Gasteiger partial charge is 0.241 e. The number of nitrogens with one attached hydrogen (secondary N) is 2. The highest BCUT2D eigenvalue weighted by molar-refractivity contribution is 5.89. The molecule has 0 aliphatic carbocycles. The van der Waals surface area contributed by atoms with E-state index >= 15 is 0 Å². The fraction of sp³-hybridized carbons (Fsp3) is 0.333. The summed E-state index contributed by atoms with van der Waals surface area (Å²) in [5.74, 6) is -0.420. The molecule has 23 heavy (non-hydrogen) atoms. The quantitative estimate of drug-likeness (QED) is 0.800. The molecule has 8 heteroatoms. The molecule has 0 spiro atoms. The topological polar surface area (TPSA) is 88.9 Å². The number of amides is 2. The van der Waals surface area contributed by atoms with Gasteiger partial charge in [-0.15, -0.1) is 5.10 Å². The second-order valence-electron chi connectivity index (χ2n) is 4.89. The lowest BCUT2D eigenvalue weighted by molar-refractivity contribution is -0.121. The first-order valence-electron chi connectivity index (χ1n) is 7.28. The highest BCUT2D eigenvalue weighted by Crippen LogP contribution is 2.06. The summed E-state index contributed by atoms with van der Waals surface area (Å²) in [6.45, 7) is 2.03. The fourth-order valence-electron chi connectivity index (χ4n) is 1.90. The van der Waals surface area contributed by atoms with Crippen molar-refractivity contribution in [1.82, 2.24) is 20.3 Å². The SMILES string of the molecule is CCC(=O)Nc1cn(CC(=O)NCCc2ccccc2F)nn1. The van der Waals surface area contributed by atoms with E-state index in [4.69, 9.17) is 0 Å². The van der Waals surface area contributed by atoms with E-state index in [-0.39, 0.29) is 24.2 Å². The highest BCUT2D eigenvalue weighted by atomic mass is 19.1. The zero-order valence-electron chi connectivity index (χ0n) is 12.8. The summed E-state index contributed by atoms with van der Waals surface area (Å²) >= 11 is 0. The van der Waals surface area contributed by atoms with E-state index in [0.717, 1.165) is 0 Å². The average Bonchev–Trinajstić information content (AvgIpc) is 2.96. The summed E-state index contributed by atoms with van der Waals surface area (Å²) in [5, 5.41) is 12.7. The monoisotopic (exact) mass is 319 g/mol. The van der Waals surface area contributed by atoms with Crippen molar-refractivity contribution in [1.29, 1.82) is 0 Å². The molecule has 0 saturated heterocycles. The van der Waals surface area contributed by atoms with Crippen molar-refractivity contribution in [2.45, 2.75) is 26.3 Å². The van der Waals surface area contributed by atoms with E-state index in [1.807, 2.05) is 0 Å². The van der Waals surface area contributed by atoms with Crippen molar-refractivity contribution in [2.75, 3.05) is 11.9 Å². The minimum Gasteiger partial charge on any atom is -0.354 e. The molecule has 2 rings (SSSR count). The number of carbonyl (C=O) groups is 2. The van der Waals surface area contributed by atoms with Crippen LogP contribution in [0.3, 0.4) is 0 Å². The Hall–Kier alpha value is -2.77. The van der Waals surface area contributed by atoms with Crippen LogP contribution < -0.4 is 10.6 Å². The Morgan fingerprint density at radius 3 is 2.78 bits per heavy atom. The number of hydrogen-bond acceptors (Lipinski definition) is 4. The molecule has 0 fully saturated rings. The van der Waals surface area contributed by atoms with Gasteiger partial charge in [0.25, 0.3) is 0 Å². The Labute approximate surface area is 132 Å². The normalized spacial score (nSPS) is 10.3. The van der Waals surface area contributed by atoms with Crippen LogP contribution in [0.25, 0.3) is 0 Å². The number of carbonyl (C=O) groups excluding carboxylic acids is 2. The van der Waals surface area contributed by atoms with Gasteiger partial charge in [-0.3, -0.25) is 9.59 Å². The van der Waals surface area contributed by atoms with E-state index < -0.39 is 0 Å². The number of anilines is 1. The van der Waals surface area contributed by atoms with Crippen LogP contribution in [0.2, 0.25) is 0 Å². The van der Waals surface area contributed by atoms with Crippen molar-refractivity contribution in [3.8, 4) is 0 Å². The maximum Gasteiger partial charge on any atom is 0.241 e. The molecule has 1 aromatic carbocycles. The molecule has 0 saturated carbocycles. The molecule has 1 heterocycles. The predicted molar refractivity (Wildman–Crippen MR) is 82.1 cm³/mol. The Bertz CT molecular complexity index is 686. The summed E-state index contributed by atoms with van der Waals surface area (Å²) < 4.78 is 14.8. The maximum absolute atomic E-state index is 13.4. The summed E-state index contributed by atoms with van der Waals surface area (Å²) in [6, 6.07) is 6.44. The van der Waals surface area contributed by atoms with Crippen molar-refractivity contribution in [3.63, 3.8) is 0 Å². The Balaban J connectivity index is 1.77. The van der Waals surface area contributed by atoms with E-state index in [1.165, 1.54) is 16.9 Å². The molecule has 2 amide bonds. The predicted octanol–water partition coefficient (Wildman–Crippen LogP) is 1.12. The largest absolute Gasteiger partial charge is 0.354 e. The molecular weight excluding hydrogens is 301 g/mol. The van der Waals surface area contributed by atoms with Gasteiger partial charge >= 0.3 is 0 Å². The molecule has 122 valence electrons. The number of hydrogen-bond donors (Lipinski definition) is 2. The lowest BCUT2D eigenvalue weighted by Gasteiger charge is -2.06. The zero-order valence-corrected chi connectivity index (χ0v) is 12.8. The molecule has 2 aromatic rings. The molecule has 2 N–H and O–H groups in total. The minimum atomic E-state index is -0.283. The zero-order chi connectivity index (χ0) is 16.7. The van der Waals surface area contributed by atoms with Crippen LogP contribution in [0, 0.1) is 5.82 Å². The van der Waals surface area contributed by atoms with Gasteiger partial charge < -0.3 is 10.6 Å². The first kappa shape index (κ1) is 16.6. The lowest BCUT2D eigenvalue weighted by atomic mass is 10.1. The average molecular weight is 319 g/mol. The van der Waals surface area contributed by atoms with Gasteiger partial charge in [0.15, 0.2) is 5.82 Å². The van der Waals surface area contributed by atoms with Crippen LogP contribution in [-0.2, 0) is 22.6 Å². The number of benzene rings is 1. The molecule has 0 radical (unpaired) electrons. The van der Waals surface area contributed by atoms with Crippen LogP contribution in [-0.4, -0.2) is 33.4 Å². The molecule has 0 unspecified atom stereocenters. The summed E-state index contributed by atoms with van der Waals surface area (Å²) in [5.41, 5.74) is 0.554. The van der Waals surface area contributed by atoms with Crippen molar-refractivity contribution < 1.29 is 14.0 Å². The third-order valence-corrected chi connectivity index (χ3v) is 3.11. The third kappa shape index (κ3) is 5.17. The molecular formula is C15H18FN5O2. The Morgan fingerprint density at radius 1 is 1.26 bits per heavy atom. The van der Waals surface area contributed by atoms with E-state index in [1.54, 1.807) is 25.1 Å². The Kier molecular flexibility index (Phi) is 5.79. The van der Waals surface area contributed by atoms with E-state index in [0.29, 0.717) is 30.8 Å². The highest BCUT2D eigenvalue weighted by Gasteiger charge is 2.08. The Morgan fingerprint density at radius 2 is 2.04 bits per heavy atom. The molecule has 0 bridgehead atoms. The van der Waals surface area contributed by atoms with Gasteiger partial charge in [0, 0.05) is 13.0 Å². The van der Waals surface area contributed by atoms with Crippen molar-refractivity contribution in [3.05, 3.63) is 41.8 Å². The number of rotatable bonds is 7. The number of halogens is 1. The molecule has 0 aliphatic heterocycles. The van der Waals surface area contributed by atoms with E-state index in [2.05, 4.69) is 20.9 Å². The second-order valence-corrected chi connectivity index (χ2v) is 4.89. The minimum absolute atomic E-state index is 0.0216. The number of aromatic nitrogens is 3. The van der Waals surface area contributed by atoms with Gasteiger partial charge in [-0.05, 0) is 18.1 Å². The summed E-state index contributed by atoms with van der Waals surface area (Å²) in [6.07, 6.45) is 2.22. The molecule has 0 atom stereocenters. The van der Waals surface area contributed by atoms with Crippen LogP contribution in [0.15, 0.2) is 30.5 Å². The standard InChI is InChI=1S/C15H18FN5O2/c1-2-14(22)18-13-9-21(20-19-13)10-15(23)17-8-7-11-5-3-4-6-12(11)16/h3-6,9H,2,7-8,10H2,1H3,(H,17,23)(H,18,22). The summed E-state index contributed by atoms with van der Waals surface area (Å²) in [7, 11) is 0. The first-order chi connectivity index (χ1) is 11.1. The first-order valence-corrected chi connectivity index (χ1v) is 7.28. The lowest BCUT2D eigenvalue weighted by Crippen LogP contribution is -2.29. The van der Waals surface area contributed by atoms with Gasteiger partial charge in [0.05, 0.1) is 6.20 Å². The second kappa shape index (κ2) is 8.02. The van der Waals surface area contributed by atoms with Gasteiger partial charge in [-0.1, -0.05) is 30.3 Å². The molecule has 7 nitrogen and oxygen atoms in total. The van der Waals surface area contributed by atoms with Crippen LogP contribution in [0.1, 0.15) is 18.9 Å². The van der Waals surface area contributed by atoms with Gasteiger partial charge in [-0.25, -0.2) is 9.07 Å². The fourth-order valence-corrected chi connectivity index (χ4v) is 1.90. The van der Waals surface area contributed by atoms with Crippen LogP contribution >= 0.6 is 0 Å². The van der Waals surface area contributed by atoms with E-state index in [9.17, 15) is 14.0 Å². The van der Waals surface area contributed by atoms with Gasteiger partial charge in [-0.2, -0.15) is 0 Å². The molecule has 1 aromatic heterocycles. The van der Waals surface area contributed by atoms with Crippen molar-refractivity contribution in [2.24, 2.45) is 0 Å². The van der Waals surface area contributed by atoms with Gasteiger partial charge in [0.2, 0.25) is 11.8 Å². The maximum atomic E-state index is 13.4.